The van der Waals surface area contributed by atoms with E-state index in [-0.39, 0.29) is 40.5 Å². The monoisotopic (exact) mass is 449 g/mol. The van der Waals surface area contributed by atoms with Crippen LogP contribution in [-0.2, 0) is 0 Å². The van der Waals surface area contributed by atoms with Crippen LogP contribution in [-0.4, -0.2) is 33.7 Å². The van der Waals surface area contributed by atoms with Gasteiger partial charge in [-0.3, -0.25) is 19.9 Å². The molecule has 0 spiro atoms. The molecule has 0 fully saturated rings. The number of ketones is 1. The van der Waals surface area contributed by atoms with E-state index >= 15 is 0 Å². The number of non-ortho nitro benzene ring substituents is 1. The molecule has 2 aromatic rings. The Balaban J connectivity index is 0.00000261. The van der Waals surface area contributed by atoms with Crippen molar-refractivity contribution in [1.82, 2.24) is 0 Å². The first-order valence-corrected chi connectivity index (χ1v) is 9.17. The molecule has 0 bridgehead atoms. The van der Waals surface area contributed by atoms with E-state index in [2.05, 4.69) is 13.8 Å². The van der Waals surface area contributed by atoms with Crippen LogP contribution in [0.4, 0.5) is 11.4 Å². The molecule has 0 aliphatic carbocycles. The maximum absolute atomic E-state index is 12.8. The predicted molar refractivity (Wildman–Crippen MR) is 116 cm³/mol. The number of para-hydroxylation sites is 1. The van der Waals surface area contributed by atoms with Crippen LogP contribution in [0.5, 0.6) is 0 Å². The van der Waals surface area contributed by atoms with Crippen LogP contribution in [0.15, 0.2) is 59.6 Å². The first kappa shape index (κ1) is 21.1. The third-order valence-electron chi connectivity index (χ3n) is 3.93. The van der Waals surface area contributed by atoms with Crippen LogP contribution >= 0.6 is 28.7 Å². The summed E-state index contributed by atoms with van der Waals surface area (Å²) in [5.41, 5.74) is 0.927. The number of halogens is 1. The fraction of sp³-hybridized carbons (Fsp3) is 0.263. The first-order valence-electron chi connectivity index (χ1n) is 8.19. The minimum atomic E-state index is -0.495. The Labute approximate surface area is 172 Å². The zero-order chi connectivity index (χ0) is 18.7. The summed E-state index contributed by atoms with van der Waals surface area (Å²) in [6.45, 7) is 4.18. The number of carbonyl (C=O) groups is 1. The van der Waals surface area contributed by atoms with E-state index in [1.165, 1.54) is 18.2 Å². The van der Waals surface area contributed by atoms with Gasteiger partial charge in [-0.05, 0) is 26.0 Å². The number of nitro benzene ring substituents is 1. The van der Waals surface area contributed by atoms with Gasteiger partial charge in [-0.2, -0.15) is 0 Å². The number of anilines is 1. The summed E-state index contributed by atoms with van der Waals surface area (Å²) in [6.07, 6.45) is 0. The maximum atomic E-state index is 12.8. The number of hydrogen-bond acceptors (Lipinski definition) is 6. The second-order valence-electron chi connectivity index (χ2n) is 6.65. The summed E-state index contributed by atoms with van der Waals surface area (Å²) in [4.78, 5) is 29.9. The summed E-state index contributed by atoms with van der Waals surface area (Å²) < 4.78 is 0. The van der Waals surface area contributed by atoms with E-state index in [4.69, 9.17) is 4.99 Å². The van der Waals surface area contributed by atoms with Gasteiger partial charge < -0.3 is 4.90 Å². The average molecular weight is 450 g/mol. The van der Waals surface area contributed by atoms with E-state index in [0.717, 1.165) is 16.6 Å². The number of aliphatic imine (C=N–C) groups is 1. The van der Waals surface area contributed by atoms with Crippen LogP contribution < -0.4 is 4.90 Å². The molecular formula is C19H20BrN3O3S. The standard InChI is InChI=1S/C19H19N3O3S.BrH/c1-19(2)13-26-18(20-19)21(15-8-4-3-5-9-15)12-17(23)14-7-6-10-16(11-14)22(24)25;/h3-11H,12-13H2,1-2H3;1H. The molecule has 27 heavy (non-hydrogen) atoms. The Morgan fingerprint density at radius 3 is 2.52 bits per heavy atom. The van der Waals surface area contributed by atoms with Gasteiger partial charge >= 0.3 is 0 Å². The highest BCUT2D eigenvalue weighted by molar-refractivity contribution is 8.93. The zero-order valence-electron chi connectivity index (χ0n) is 15.0. The average Bonchev–Trinajstić information content (AvgIpc) is 3.00. The zero-order valence-corrected chi connectivity index (χ0v) is 17.5. The lowest BCUT2D eigenvalue weighted by Crippen LogP contribution is -2.33. The largest absolute Gasteiger partial charge is 0.313 e. The van der Waals surface area contributed by atoms with Crippen molar-refractivity contribution in [2.75, 3.05) is 17.2 Å². The SMILES string of the molecule is Br.CC1(C)CSC(N(CC(=O)c2cccc([N+](=O)[O-])c2)c2ccccc2)=N1. The summed E-state index contributed by atoms with van der Waals surface area (Å²) in [7, 11) is 0. The lowest BCUT2D eigenvalue weighted by atomic mass is 10.1. The number of rotatable bonds is 5. The number of benzene rings is 2. The Morgan fingerprint density at radius 2 is 1.93 bits per heavy atom. The molecule has 0 unspecified atom stereocenters. The van der Waals surface area contributed by atoms with Crippen LogP contribution in [0.3, 0.4) is 0 Å². The molecule has 1 aliphatic heterocycles. The second kappa shape index (κ2) is 8.67. The van der Waals surface area contributed by atoms with Gasteiger partial charge in [-0.25, -0.2) is 0 Å². The molecule has 0 N–H and O–H groups in total. The molecule has 6 nitrogen and oxygen atoms in total. The second-order valence-corrected chi connectivity index (χ2v) is 7.59. The van der Waals surface area contributed by atoms with Crippen molar-refractivity contribution in [1.29, 1.82) is 0 Å². The van der Waals surface area contributed by atoms with Gasteiger partial charge in [-0.15, -0.1) is 17.0 Å². The summed E-state index contributed by atoms with van der Waals surface area (Å²) in [5.74, 6) is 0.655. The molecular weight excluding hydrogens is 430 g/mol. The minimum Gasteiger partial charge on any atom is -0.313 e. The summed E-state index contributed by atoms with van der Waals surface area (Å²) >= 11 is 1.61. The Hall–Kier alpha value is -2.19. The topological polar surface area (TPSA) is 75.8 Å². The van der Waals surface area contributed by atoms with Crippen molar-refractivity contribution >= 4 is 51.1 Å². The lowest BCUT2D eigenvalue weighted by molar-refractivity contribution is -0.384. The molecule has 0 radical (unpaired) electrons. The number of hydrogen-bond donors (Lipinski definition) is 0. The molecule has 2 aromatic carbocycles. The highest BCUT2D eigenvalue weighted by Crippen LogP contribution is 2.31. The number of thioether (sulfide) groups is 1. The molecule has 3 rings (SSSR count). The normalized spacial score (nSPS) is 14.8. The summed E-state index contributed by atoms with van der Waals surface area (Å²) in [5, 5.41) is 11.8. The quantitative estimate of drug-likeness (QED) is 0.374. The van der Waals surface area contributed by atoms with Crippen LogP contribution in [0.1, 0.15) is 24.2 Å². The number of Topliss-reactive ketones (excluding diaryl/α,β-unsaturated/α-hetero) is 1. The number of carbonyl (C=O) groups excluding carboxylic acids is 1. The first-order chi connectivity index (χ1) is 12.4. The van der Waals surface area contributed by atoms with Gasteiger partial charge in [0.2, 0.25) is 0 Å². The highest BCUT2D eigenvalue weighted by atomic mass is 79.9. The van der Waals surface area contributed by atoms with Crippen molar-refractivity contribution in [3.63, 3.8) is 0 Å². The summed E-state index contributed by atoms with van der Waals surface area (Å²) in [6, 6.07) is 15.4. The number of nitrogens with zero attached hydrogens (tertiary/aromatic N) is 3. The van der Waals surface area contributed by atoms with Crippen molar-refractivity contribution in [2.24, 2.45) is 4.99 Å². The maximum Gasteiger partial charge on any atom is 0.270 e. The fourth-order valence-corrected chi connectivity index (χ4v) is 3.79. The molecule has 0 aromatic heterocycles. The van der Waals surface area contributed by atoms with Crippen LogP contribution in [0.25, 0.3) is 0 Å². The van der Waals surface area contributed by atoms with E-state index < -0.39 is 4.92 Å². The van der Waals surface area contributed by atoms with Gasteiger partial charge in [0.1, 0.15) is 0 Å². The van der Waals surface area contributed by atoms with Crippen molar-refractivity contribution in [3.8, 4) is 0 Å². The molecule has 0 saturated carbocycles. The molecule has 0 amide bonds. The Bertz CT molecular complexity index is 872. The third-order valence-corrected chi connectivity index (χ3v) is 5.35. The van der Waals surface area contributed by atoms with Crippen LogP contribution in [0.2, 0.25) is 0 Å². The van der Waals surface area contributed by atoms with Gasteiger partial charge in [0.25, 0.3) is 5.69 Å². The fourth-order valence-electron chi connectivity index (χ4n) is 2.61. The van der Waals surface area contributed by atoms with E-state index in [9.17, 15) is 14.9 Å². The number of amidine groups is 1. The van der Waals surface area contributed by atoms with Gasteiger partial charge in [-0.1, -0.05) is 42.1 Å². The molecule has 142 valence electrons. The minimum absolute atomic E-state index is 0. The Kier molecular flexibility index (Phi) is 6.78. The molecule has 0 atom stereocenters. The van der Waals surface area contributed by atoms with Crippen molar-refractivity contribution in [2.45, 2.75) is 19.4 Å². The molecule has 8 heteroatoms. The van der Waals surface area contributed by atoms with E-state index in [1.807, 2.05) is 35.2 Å². The number of nitro groups is 1. The molecule has 0 saturated heterocycles. The predicted octanol–water partition coefficient (Wildman–Crippen LogP) is 4.74. The van der Waals surface area contributed by atoms with Crippen molar-refractivity contribution < 1.29 is 9.72 Å². The molecule has 1 aliphatic rings. The third kappa shape index (κ3) is 5.17. The smallest absolute Gasteiger partial charge is 0.270 e. The lowest BCUT2D eigenvalue weighted by Gasteiger charge is -2.23. The Morgan fingerprint density at radius 1 is 1.22 bits per heavy atom. The van der Waals surface area contributed by atoms with Crippen molar-refractivity contribution in [3.05, 3.63) is 70.3 Å². The van der Waals surface area contributed by atoms with E-state index in [1.54, 1.807) is 17.8 Å². The van der Waals surface area contributed by atoms with Gasteiger partial charge in [0.05, 0.1) is 17.0 Å². The van der Waals surface area contributed by atoms with Crippen LogP contribution in [0, 0.1) is 10.1 Å². The van der Waals surface area contributed by atoms with E-state index in [0.29, 0.717) is 5.56 Å². The molecule has 1 heterocycles. The van der Waals surface area contributed by atoms with Gasteiger partial charge in [0.15, 0.2) is 11.0 Å². The highest BCUT2D eigenvalue weighted by Gasteiger charge is 2.30. The van der Waals surface area contributed by atoms with Gasteiger partial charge in [0, 0.05) is 29.1 Å².